The van der Waals surface area contributed by atoms with Gasteiger partial charge in [-0.25, -0.2) is 9.50 Å². The third kappa shape index (κ3) is 4.59. The summed E-state index contributed by atoms with van der Waals surface area (Å²) in [7, 11) is 1.66. The number of imidazole rings is 1. The van der Waals surface area contributed by atoms with Crippen LogP contribution in [0.1, 0.15) is 33.1 Å². The van der Waals surface area contributed by atoms with Crippen LogP contribution in [0.2, 0.25) is 0 Å². The predicted molar refractivity (Wildman–Crippen MR) is 120 cm³/mol. The van der Waals surface area contributed by atoms with Crippen LogP contribution in [0, 0.1) is 11.8 Å². The summed E-state index contributed by atoms with van der Waals surface area (Å²) in [5.74, 6) is 1.62. The number of methoxy groups -OCH3 is 1. The van der Waals surface area contributed by atoms with E-state index in [1.54, 1.807) is 18.4 Å². The normalized spacial score (nSPS) is 16.9. The van der Waals surface area contributed by atoms with Crippen LogP contribution in [0.15, 0.2) is 30.5 Å². The third-order valence-electron chi connectivity index (χ3n) is 5.50. The molecule has 4 rings (SSSR count). The van der Waals surface area contributed by atoms with Crippen LogP contribution in [-0.2, 0) is 4.79 Å². The van der Waals surface area contributed by atoms with Gasteiger partial charge in [0, 0.05) is 25.2 Å². The number of ether oxygens (including phenoxy) is 1. The lowest BCUT2D eigenvalue weighted by Crippen LogP contribution is -2.43. The number of nitrogens with one attached hydrogen (secondary N) is 1. The first-order chi connectivity index (χ1) is 14.5. The number of amides is 1. The van der Waals surface area contributed by atoms with E-state index in [2.05, 4.69) is 24.1 Å². The molecule has 8 heteroatoms. The zero-order valence-corrected chi connectivity index (χ0v) is 18.6. The van der Waals surface area contributed by atoms with Crippen molar-refractivity contribution in [2.75, 3.05) is 31.6 Å². The molecule has 1 atom stereocenters. The number of nitrogens with zero attached hydrogens (tertiary/aromatic N) is 4. The molecule has 0 spiro atoms. The fourth-order valence-electron chi connectivity index (χ4n) is 3.71. The van der Waals surface area contributed by atoms with Gasteiger partial charge in [-0.3, -0.25) is 4.79 Å². The van der Waals surface area contributed by atoms with E-state index in [9.17, 15) is 4.79 Å². The number of anilines is 1. The minimum Gasteiger partial charge on any atom is -0.497 e. The van der Waals surface area contributed by atoms with Gasteiger partial charge in [0.1, 0.15) is 5.75 Å². The highest BCUT2D eigenvalue weighted by atomic mass is 32.1. The van der Waals surface area contributed by atoms with Crippen LogP contribution < -0.4 is 15.0 Å². The molecular formula is C22H29N5O2S. The number of hydrogen-bond acceptors (Lipinski definition) is 6. The summed E-state index contributed by atoms with van der Waals surface area (Å²) in [5.41, 5.74) is 1.93. The molecule has 1 amide bonds. The maximum absolute atomic E-state index is 12.5. The first kappa shape index (κ1) is 20.7. The molecule has 1 aromatic carbocycles. The molecule has 3 heterocycles. The van der Waals surface area contributed by atoms with Crippen molar-refractivity contribution in [1.82, 2.24) is 19.9 Å². The summed E-state index contributed by atoms with van der Waals surface area (Å²) in [5, 5.41) is 8.77. The Morgan fingerprint density at radius 2 is 2.13 bits per heavy atom. The van der Waals surface area contributed by atoms with Crippen LogP contribution >= 0.6 is 11.3 Å². The smallest absolute Gasteiger partial charge is 0.224 e. The number of carbonyl (C=O) groups excluding carboxylic acids is 1. The first-order valence-electron chi connectivity index (χ1n) is 10.6. The third-order valence-corrected chi connectivity index (χ3v) is 6.49. The van der Waals surface area contributed by atoms with Gasteiger partial charge >= 0.3 is 0 Å². The van der Waals surface area contributed by atoms with Gasteiger partial charge in [0.15, 0.2) is 0 Å². The second-order valence-corrected chi connectivity index (χ2v) is 9.16. The van der Waals surface area contributed by atoms with Gasteiger partial charge in [-0.2, -0.15) is 0 Å². The van der Waals surface area contributed by atoms with E-state index < -0.39 is 0 Å². The van der Waals surface area contributed by atoms with Crippen molar-refractivity contribution in [2.45, 2.75) is 33.1 Å². The van der Waals surface area contributed by atoms with Crippen LogP contribution in [0.3, 0.4) is 0 Å². The summed E-state index contributed by atoms with van der Waals surface area (Å²) >= 11 is 1.57. The van der Waals surface area contributed by atoms with Crippen molar-refractivity contribution >= 4 is 27.3 Å². The predicted octanol–water partition coefficient (Wildman–Crippen LogP) is 3.85. The van der Waals surface area contributed by atoms with E-state index in [1.165, 1.54) is 0 Å². The average molecular weight is 428 g/mol. The molecule has 0 aliphatic carbocycles. The molecule has 1 saturated heterocycles. The molecule has 0 saturated carbocycles. The Morgan fingerprint density at radius 3 is 2.83 bits per heavy atom. The Morgan fingerprint density at radius 1 is 1.33 bits per heavy atom. The van der Waals surface area contributed by atoms with Crippen molar-refractivity contribution < 1.29 is 9.53 Å². The molecule has 0 bridgehead atoms. The first-order valence-corrected chi connectivity index (χ1v) is 11.4. The fourth-order valence-corrected chi connectivity index (χ4v) is 4.63. The number of fused-ring (bicyclic) bond motifs is 1. The maximum atomic E-state index is 12.5. The maximum Gasteiger partial charge on any atom is 0.224 e. The van der Waals surface area contributed by atoms with Gasteiger partial charge in [0.25, 0.3) is 0 Å². The van der Waals surface area contributed by atoms with E-state index in [-0.39, 0.29) is 11.8 Å². The van der Waals surface area contributed by atoms with E-state index in [0.717, 1.165) is 66.0 Å². The zero-order valence-electron chi connectivity index (χ0n) is 17.8. The SMILES string of the molecule is COc1ccc(-c2cn3nc(N4CCC[C@H](C(=O)NCCC(C)C)C4)sc3n2)cc1. The number of piperidine rings is 1. The van der Waals surface area contributed by atoms with E-state index in [1.807, 2.05) is 35.0 Å². The van der Waals surface area contributed by atoms with Gasteiger partial charge in [0.2, 0.25) is 16.0 Å². The van der Waals surface area contributed by atoms with E-state index in [4.69, 9.17) is 14.8 Å². The number of rotatable bonds is 7. The van der Waals surface area contributed by atoms with E-state index >= 15 is 0 Å². The molecule has 0 unspecified atom stereocenters. The molecule has 7 nitrogen and oxygen atoms in total. The highest BCUT2D eigenvalue weighted by Crippen LogP contribution is 2.30. The Labute approximate surface area is 181 Å². The Bertz CT molecular complexity index is 963. The lowest BCUT2D eigenvalue weighted by Gasteiger charge is -2.31. The molecule has 30 heavy (non-hydrogen) atoms. The fraction of sp³-hybridized carbons (Fsp3) is 0.500. The van der Waals surface area contributed by atoms with Crippen molar-refractivity contribution in [2.24, 2.45) is 11.8 Å². The summed E-state index contributed by atoms with van der Waals surface area (Å²) in [6, 6.07) is 7.86. The number of hydrogen-bond donors (Lipinski definition) is 1. The molecule has 1 aliphatic heterocycles. The van der Waals surface area contributed by atoms with Gasteiger partial charge in [-0.05, 0) is 49.4 Å². The topological polar surface area (TPSA) is 71.8 Å². The van der Waals surface area contributed by atoms with Gasteiger partial charge < -0.3 is 15.0 Å². The van der Waals surface area contributed by atoms with Crippen molar-refractivity contribution in [3.8, 4) is 17.0 Å². The van der Waals surface area contributed by atoms with Gasteiger partial charge in [-0.1, -0.05) is 25.2 Å². The van der Waals surface area contributed by atoms with Crippen molar-refractivity contribution in [3.05, 3.63) is 30.5 Å². The summed E-state index contributed by atoms with van der Waals surface area (Å²) < 4.78 is 7.06. The highest BCUT2D eigenvalue weighted by molar-refractivity contribution is 7.20. The van der Waals surface area contributed by atoms with Crippen LogP contribution in [0.4, 0.5) is 5.13 Å². The van der Waals surface area contributed by atoms with Crippen molar-refractivity contribution in [3.63, 3.8) is 0 Å². The van der Waals surface area contributed by atoms with Gasteiger partial charge in [-0.15, -0.1) is 5.10 Å². The lowest BCUT2D eigenvalue weighted by atomic mass is 9.97. The van der Waals surface area contributed by atoms with Crippen LogP contribution in [-0.4, -0.2) is 47.2 Å². The number of benzene rings is 1. The Hall–Kier alpha value is -2.61. The lowest BCUT2D eigenvalue weighted by molar-refractivity contribution is -0.125. The van der Waals surface area contributed by atoms with Gasteiger partial charge in [0.05, 0.1) is 24.9 Å². The number of carbonyl (C=O) groups is 1. The van der Waals surface area contributed by atoms with Crippen LogP contribution in [0.5, 0.6) is 5.75 Å². The largest absolute Gasteiger partial charge is 0.497 e. The molecule has 1 aliphatic rings. The van der Waals surface area contributed by atoms with E-state index in [0.29, 0.717) is 5.92 Å². The van der Waals surface area contributed by atoms with Crippen LogP contribution in [0.25, 0.3) is 16.2 Å². The standard InChI is InChI=1S/C22H29N5O2S/c1-15(2)10-11-23-20(28)17-5-4-12-26(13-17)22-25-27-14-19(24-21(27)30-22)16-6-8-18(29-3)9-7-16/h6-9,14-15,17H,4-5,10-13H2,1-3H3,(H,23,28)/t17-/m0/s1. The minimum atomic E-state index is 0.0250. The average Bonchev–Trinajstić information content (AvgIpc) is 3.33. The molecule has 1 N–H and O–H groups in total. The summed E-state index contributed by atoms with van der Waals surface area (Å²) in [4.78, 5) is 20.4. The molecule has 1 fully saturated rings. The molecule has 0 radical (unpaired) electrons. The second-order valence-electron chi connectivity index (χ2n) is 8.23. The Balaban J connectivity index is 1.42. The molecule has 3 aromatic rings. The quantitative estimate of drug-likeness (QED) is 0.620. The monoisotopic (exact) mass is 427 g/mol. The molecule has 2 aromatic heterocycles. The highest BCUT2D eigenvalue weighted by Gasteiger charge is 2.27. The molecular weight excluding hydrogens is 398 g/mol. The second kappa shape index (κ2) is 9.04. The summed E-state index contributed by atoms with van der Waals surface area (Å²) in [6.45, 7) is 6.75. The zero-order chi connectivity index (χ0) is 21.1. The molecule has 160 valence electrons. The summed E-state index contributed by atoms with van der Waals surface area (Å²) in [6.07, 6.45) is 4.91. The number of aromatic nitrogens is 3. The Kier molecular flexibility index (Phi) is 6.22. The van der Waals surface area contributed by atoms with Crippen molar-refractivity contribution in [1.29, 1.82) is 0 Å². The minimum absolute atomic E-state index is 0.0250.